The van der Waals surface area contributed by atoms with Gasteiger partial charge in [-0.25, -0.2) is 0 Å². The van der Waals surface area contributed by atoms with Crippen LogP contribution in [-0.2, 0) is 6.42 Å². The third-order valence-corrected chi connectivity index (χ3v) is 5.39. The number of nitrogens with two attached hydrogens (primary N) is 1. The normalized spacial score (nSPS) is 25.7. The van der Waals surface area contributed by atoms with Crippen molar-refractivity contribution in [2.75, 3.05) is 0 Å². The third-order valence-electron chi connectivity index (χ3n) is 5.39. The number of nitrogens with zero attached hydrogens (tertiary/aromatic N) is 2. The van der Waals surface area contributed by atoms with E-state index in [2.05, 4.69) is 43.1 Å². The maximum Gasteiger partial charge on any atom is 0.0640 e. The lowest BCUT2D eigenvalue weighted by Crippen LogP contribution is -2.43. The first-order valence-electron chi connectivity index (χ1n) is 8.68. The lowest BCUT2D eigenvalue weighted by atomic mass is 9.77. The monoisotopic (exact) mass is 292 g/mol. The minimum absolute atomic E-state index is 0.364. The fourth-order valence-corrected chi connectivity index (χ4v) is 3.50. The van der Waals surface area contributed by atoms with Gasteiger partial charge in [0.1, 0.15) is 0 Å². The fourth-order valence-electron chi connectivity index (χ4n) is 3.50. The molecule has 3 N–H and O–H groups in total. The van der Waals surface area contributed by atoms with Gasteiger partial charge in [0.15, 0.2) is 0 Å². The quantitative estimate of drug-likeness (QED) is 0.598. The highest BCUT2D eigenvalue weighted by Crippen LogP contribution is 2.33. The highest BCUT2D eigenvalue weighted by Gasteiger charge is 2.27. The summed E-state index contributed by atoms with van der Waals surface area (Å²) >= 11 is 0. The Kier molecular flexibility index (Phi) is 6.24. The topological polar surface area (TPSA) is 55.9 Å². The van der Waals surface area contributed by atoms with Crippen molar-refractivity contribution in [2.45, 2.75) is 77.8 Å². The maximum atomic E-state index is 5.83. The molecule has 1 aliphatic rings. The highest BCUT2D eigenvalue weighted by molar-refractivity contribution is 5.03. The molecule has 21 heavy (non-hydrogen) atoms. The molecule has 0 spiro atoms. The van der Waals surface area contributed by atoms with E-state index < -0.39 is 0 Å². The van der Waals surface area contributed by atoms with Crippen LogP contribution in [0.15, 0.2) is 12.3 Å². The minimum atomic E-state index is 0.364. The largest absolute Gasteiger partial charge is 0.271 e. The molecule has 0 bridgehead atoms. The Morgan fingerprint density at radius 1 is 1.33 bits per heavy atom. The van der Waals surface area contributed by atoms with Gasteiger partial charge in [-0.2, -0.15) is 5.10 Å². The van der Waals surface area contributed by atoms with Crippen LogP contribution >= 0.6 is 0 Å². The van der Waals surface area contributed by atoms with Crippen molar-refractivity contribution in [3.05, 3.63) is 18.0 Å². The summed E-state index contributed by atoms with van der Waals surface area (Å²) in [7, 11) is 0. The predicted molar refractivity (Wildman–Crippen MR) is 87.8 cm³/mol. The number of aromatic nitrogens is 2. The highest BCUT2D eigenvalue weighted by atomic mass is 15.3. The van der Waals surface area contributed by atoms with E-state index in [-0.39, 0.29) is 0 Å². The lowest BCUT2D eigenvalue weighted by Gasteiger charge is -2.33. The summed E-state index contributed by atoms with van der Waals surface area (Å²) < 4.78 is 2.08. The van der Waals surface area contributed by atoms with Crippen molar-refractivity contribution in [1.29, 1.82) is 0 Å². The molecule has 0 radical (unpaired) electrons. The molecule has 2 atom stereocenters. The molecular formula is C17H32N4. The van der Waals surface area contributed by atoms with E-state index in [0.29, 0.717) is 18.0 Å². The minimum Gasteiger partial charge on any atom is -0.271 e. The standard InChI is InChI=1S/C17H32N4/c1-4-13(3)21-11-10-16(20-21)12-17(19-18)15-8-6-14(5-2)7-9-15/h10-11,13-15,17,19H,4-9,12,18H2,1-3H3. The van der Waals surface area contributed by atoms with Crippen LogP contribution in [0.5, 0.6) is 0 Å². The number of rotatable bonds is 7. The van der Waals surface area contributed by atoms with Crippen LogP contribution in [0.3, 0.4) is 0 Å². The smallest absolute Gasteiger partial charge is 0.0640 e. The summed E-state index contributed by atoms with van der Waals surface area (Å²) in [5.41, 5.74) is 4.22. The van der Waals surface area contributed by atoms with E-state index in [0.717, 1.165) is 24.5 Å². The Hall–Kier alpha value is -0.870. The summed E-state index contributed by atoms with van der Waals surface area (Å²) in [5, 5.41) is 4.72. The predicted octanol–water partition coefficient (Wildman–Crippen LogP) is 3.44. The molecule has 1 aliphatic carbocycles. The van der Waals surface area contributed by atoms with Gasteiger partial charge in [-0.05, 0) is 44.1 Å². The number of hydrazine groups is 1. The molecule has 0 aliphatic heterocycles. The zero-order chi connectivity index (χ0) is 15.2. The second-order valence-corrected chi connectivity index (χ2v) is 6.71. The first-order chi connectivity index (χ1) is 10.2. The van der Waals surface area contributed by atoms with Crippen LogP contribution in [-0.4, -0.2) is 15.8 Å². The van der Waals surface area contributed by atoms with E-state index >= 15 is 0 Å². The van der Waals surface area contributed by atoms with Crippen LogP contribution in [0.1, 0.15) is 71.0 Å². The molecule has 1 heterocycles. The van der Waals surface area contributed by atoms with Crippen molar-refractivity contribution in [2.24, 2.45) is 17.7 Å². The molecule has 2 rings (SSSR count). The van der Waals surface area contributed by atoms with E-state index in [9.17, 15) is 0 Å². The molecule has 0 amide bonds. The van der Waals surface area contributed by atoms with Gasteiger partial charge in [0.05, 0.1) is 5.69 Å². The Morgan fingerprint density at radius 2 is 2.05 bits per heavy atom. The van der Waals surface area contributed by atoms with E-state index in [1.54, 1.807) is 0 Å². The molecular weight excluding hydrogens is 260 g/mol. The number of hydrogen-bond acceptors (Lipinski definition) is 3. The second-order valence-electron chi connectivity index (χ2n) is 6.71. The Balaban J connectivity index is 1.91. The molecule has 120 valence electrons. The summed E-state index contributed by atoms with van der Waals surface area (Å²) in [6.45, 7) is 6.72. The molecule has 1 fully saturated rings. The molecule has 4 nitrogen and oxygen atoms in total. The van der Waals surface area contributed by atoms with Gasteiger partial charge in [-0.1, -0.05) is 33.1 Å². The van der Waals surface area contributed by atoms with E-state index in [1.807, 2.05) is 0 Å². The molecule has 0 aromatic carbocycles. The summed E-state index contributed by atoms with van der Waals surface area (Å²) in [6.07, 6.45) is 10.8. The summed E-state index contributed by atoms with van der Waals surface area (Å²) in [6, 6.07) is 2.99. The maximum absolute atomic E-state index is 5.83. The first kappa shape index (κ1) is 16.5. The van der Waals surface area contributed by atoms with Crippen molar-refractivity contribution in [3.8, 4) is 0 Å². The second kappa shape index (κ2) is 7.95. The van der Waals surface area contributed by atoms with Crippen molar-refractivity contribution >= 4 is 0 Å². The van der Waals surface area contributed by atoms with Crippen molar-refractivity contribution in [3.63, 3.8) is 0 Å². The van der Waals surface area contributed by atoms with Gasteiger partial charge in [-0.15, -0.1) is 0 Å². The van der Waals surface area contributed by atoms with Gasteiger partial charge in [0, 0.05) is 24.7 Å². The molecule has 4 heteroatoms. The number of hydrogen-bond donors (Lipinski definition) is 2. The third kappa shape index (κ3) is 4.30. The van der Waals surface area contributed by atoms with Crippen molar-refractivity contribution < 1.29 is 0 Å². The number of nitrogens with one attached hydrogen (secondary N) is 1. The van der Waals surface area contributed by atoms with Crippen LogP contribution in [0.25, 0.3) is 0 Å². The Labute approximate surface area is 129 Å². The zero-order valence-electron chi connectivity index (χ0n) is 13.9. The van der Waals surface area contributed by atoms with Gasteiger partial charge in [0.25, 0.3) is 0 Å². The summed E-state index contributed by atoms with van der Waals surface area (Å²) in [4.78, 5) is 0. The van der Waals surface area contributed by atoms with Crippen molar-refractivity contribution in [1.82, 2.24) is 15.2 Å². The Bertz CT molecular complexity index is 407. The van der Waals surface area contributed by atoms with Crippen LogP contribution in [0.2, 0.25) is 0 Å². The summed E-state index contributed by atoms with van der Waals surface area (Å²) in [5.74, 6) is 7.46. The Morgan fingerprint density at radius 3 is 2.62 bits per heavy atom. The van der Waals surface area contributed by atoms with Crippen LogP contribution < -0.4 is 11.3 Å². The SMILES string of the molecule is CCC1CCC(C(Cc2ccn(C(C)CC)n2)NN)CC1. The van der Waals surface area contributed by atoms with E-state index in [1.165, 1.54) is 32.1 Å². The van der Waals surface area contributed by atoms with Gasteiger partial charge < -0.3 is 0 Å². The zero-order valence-corrected chi connectivity index (χ0v) is 13.9. The average Bonchev–Trinajstić information content (AvgIpc) is 3.00. The molecule has 0 saturated heterocycles. The van der Waals surface area contributed by atoms with Gasteiger partial charge >= 0.3 is 0 Å². The molecule has 2 unspecified atom stereocenters. The van der Waals surface area contributed by atoms with E-state index in [4.69, 9.17) is 10.9 Å². The lowest BCUT2D eigenvalue weighted by molar-refractivity contribution is 0.216. The van der Waals surface area contributed by atoms with Gasteiger partial charge in [-0.3, -0.25) is 16.0 Å². The van der Waals surface area contributed by atoms with Crippen LogP contribution in [0, 0.1) is 11.8 Å². The molecule has 1 aromatic heterocycles. The molecule has 1 saturated carbocycles. The fraction of sp³-hybridized carbons (Fsp3) is 0.824. The van der Waals surface area contributed by atoms with Crippen LogP contribution in [0.4, 0.5) is 0 Å². The average molecular weight is 292 g/mol. The van der Waals surface area contributed by atoms with Gasteiger partial charge in [0.2, 0.25) is 0 Å². The molecule has 1 aromatic rings. The first-order valence-corrected chi connectivity index (χ1v) is 8.68.